The maximum absolute atomic E-state index is 2.78. The number of thiophene rings is 1. The number of hydrogen-bond donors (Lipinski definition) is 0. The molecule has 2 aliphatic carbocycles. The van der Waals surface area contributed by atoms with Crippen molar-refractivity contribution in [2.24, 2.45) is 0 Å². The predicted molar refractivity (Wildman–Crippen MR) is 302 cm³/mol. The molecule has 0 unspecified atom stereocenters. The number of nitrogens with zero attached hydrogens (tertiary/aromatic N) is 2. The number of benzene rings is 7. The van der Waals surface area contributed by atoms with Crippen molar-refractivity contribution in [2.75, 3.05) is 4.81 Å². The lowest BCUT2D eigenvalue weighted by atomic mass is 9.43. The van der Waals surface area contributed by atoms with Gasteiger partial charge in [-0.2, -0.15) is 0 Å². The Morgan fingerprint density at radius 2 is 1.12 bits per heavy atom. The van der Waals surface area contributed by atoms with E-state index in [1.807, 2.05) is 11.3 Å². The molecule has 0 fully saturated rings. The van der Waals surface area contributed by atoms with Crippen LogP contribution in [0.1, 0.15) is 156 Å². The third-order valence-electron chi connectivity index (χ3n) is 17.7. The normalized spacial score (nSPS) is 17.4. The summed E-state index contributed by atoms with van der Waals surface area (Å²) in [5, 5.41) is 5.55. The van der Waals surface area contributed by atoms with E-state index in [4.69, 9.17) is 0 Å². The molecule has 346 valence electrons. The van der Waals surface area contributed by atoms with Crippen LogP contribution in [-0.2, 0) is 32.5 Å². The van der Waals surface area contributed by atoms with E-state index in [1.54, 1.807) is 0 Å². The van der Waals surface area contributed by atoms with Gasteiger partial charge in [-0.3, -0.25) is 0 Å². The van der Waals surface area contributed by atoms with Crippen LogP contribution < -0.4 is 15.7 Å². The summed E-state index contributed by atoms with van der Waals surface area (Å²) >= 11 is 2.00. The van der Waals surface area contributed by atoms with Gasteiger partial charge in [-0.1, -0.05) is 158 Å². The van der Waals surface area contributed by atoms with Gasteiger partial charge in [-0.05, 0) is 161 Å². The highest BCUT2D eigenvalue weighted by Crippen LogP contribution is 2.60. The highest BCUT2D eigenvalue weighted by Gasteiger charge is 2.50. The third-order valence-corrected chi connectivity index (χ3v) is 18.8. The van der Waals surface area contributed by atoms with Gasteiger partial charge in [0, 0.05) is 59.0 Å². The second-order valence-corrected chi connectivity index (χ2v) is 27.6. The lowest BCUT2D eigenvalue weighted by molar-refractivity contribution is 0.332. The molecule has 4 heterocycles. The second-order valence-electron chi connectivity index (χ2n) is 26.5. The van der Waals surface area contributed by atoms with Crippen LogP contribution in [0, 0.1) is 0 Å². The molecule has 7 aromatic carbocycles. The lowest BCUT2D eigenvalue weighted by Crippen LogP contribution is -2.61. The van der Waals surface area contributed by atoms with Crippen molar-refractivity contribution in [2.45, 2.75) is 149 Å². The summed E-state index contributed by atoms with van der Waals surface area (Å²) in [6.45, 7) is 36.0. The Morgan fingerprint density at radius 3 is 1.80 bits per heavy atom. The van der Waals surface area contributed by atoms with Crippen molar-refractivity contribution in [1.82, 2.24) is 4.57 Å². The van der Waals surface area contributed by atoms with E-state index in [0.29, 0.717) is 0 Å². The molecule has 4 heteroatoms. The fraction of sp³-hybridized carbons (Fsp3) is 0.354. The minimum atomic E-state index is -0.256. The molecule has 4 aliphatic rings. The van der Waals surface area contributed by atoms with Crippen LogP contribution in [0.4, 0.5) is 11.4 Å². The van der Waals surface area contributed by atoms with Gasteiger partial charge in [-0.15, -0.1) is 11.3 Å². The van der Waals surface area contributed by atoms with Crippen molar-refractivity contribution in [3.05, 3.63) is 148 Å². The molecule has 2 nitrogen and oxygen atoms in total. The van der Waals surface area contributed by atoms with Crippen molar-refractivity contribution >= 4 is 82.5 Å². The van der Waals surface area contributed by atoms with Crippen molar-refractivity contribution in [3.63, 3.8) is 0 Å². The summed E-state index contributed by atoms with van der Waals surface area (Å²) in [6.07, 6.45) is 2.42. The standard InChI is InChI=1S/C65H67BN2S/c1-60(2,3)36-20-24-39(25-21-36)68-51-35-53-41(42-33-46-47(34-52(42)69-53)64(12,13)29-28-63(46,10)11)32-44(51)56-57-54(40-18-16-17-19-45(40)65(57,14)15)55-43-30-37(61(4,5)6)22-26-49(43)67-50-27-23-38(62(7,8)9)31-48(50)66(68)58(56)59(55)67/h16-27,30-35H,28-29H2,1-15H3. The summed E-state index contributed by atoms with van der Waals surface area (Å²) in [5.41, 5.74) is 25.0. The molecule has 0 N–H and O–H groups in total. The van der Waals surface area contributed by atoms with Gasteiger partial charge in [0.1, 0.15) is 0 Å². The quantitative estimate of drug-likeness (QED) is 0.149. The first-order valence-electron chi connectivity index (χ1n) is 25.8. The Kier molecular flexibility index (Phi) is 8.46. The number of hydrogen-bond acceptors (Lipinski definition) is 2. The maximum Gasteiger partial charge on any atom is 0.333 e. The van der Waals surface area contributed by atoms with Crippen LogP contribution in [0.3, 0.4) is 0 Å². The van der Waals surface area contributed by atoms with E-state index in [2.05, 4.69) is 222 Å². The largest absolute Gasteiger partial charge is 0.376 e. The van der Waals surface area contributed by atoms with E-state index < -0.39 is 0 Å². The molecule has 0 saturated carbocycles. The van der Waals surface area contributed by atoms with Crippen LogP contribution in [0.2, 0.25) is 0 Å². The molecule has 0 amide bonds. The smallest absolute Gasteiger partial charge is 0.333 e. The van der Waals surface area contributed by atoms with E-state index in [9.17, 15) is 0 Å². The average Bonchev–Trinajstić information content (AvgIpc) is 3.90. The summed E-state index contributed by atoms with van der Waals surface area (Å²) in [5.74, 6) is 0. The Bertz CT molecular complexity index is 3750. The predicted octanol–water partition coefficient (Wildman–Crippen LogP) is 16.9. The van der Waals surface area contributed by atoms with Gasteiger partial charge in [0.05, 0.1) is 11.0 Å². The van der Waals surface area contributed by atoms with Crippen molar-refractivity contribution in [3.8, 4) is 27.9 Å². The van der Waals surface area contributed by atoms with E-state index in [0.717, 1.165) is 0 Å². The molecule has 69 heavy (non-hydrogen) atoms. The first-order valence-corrected chi connectivity index (χ1v) is 26.6. The van der Waals surface area contributed by atoms with Crippen LogP contribution in [0.15, 0.2) is 109 Å². The number of aromatic nitrogens is 1. The summed E-state index contributed by atoms with van der Waals surface area (Å²) < 4.78 is 5.47. The second kappa shape index (κ2) is 13.4. The average molecular weight is 919 g/mol. The monoisotopic (exact) mass is 919 g/mol. The molecule has 0 atom stereocenters. The highest BCUT2D eigenvalue weighted by molar-refractivity contribution is 7.25. The minimum absolute atomic E-state index is 0.00669. The van der Waals surface area contributed by atoms with Gasteiger partial charge >= 0.3 is 6.85 Å². The zero-order chi connectivity index (χ0) is 48.4. The van der Waals surface area contributed by atoms with Crippen LogP contribution in [0.25, 0.3) is 69.9 Å². The molecule has 0 bridgehead atoms. The molecule has 9 aromatic rings. The number of fused-ring (bicyclic) bond motifs is 17. The zero-order valence-corrected chi connectivity index (χ0v) is 44.5. The Morgan fingerprint density at radius 1 is 0.522 bits per heavy atom. The van der Waals surface area contributed by atoms with Crippen LogP contribution in [-0.4, -0.2) is 11.4 Å². The van der Waals surface area contributed by atoms with Gasteiger partial charge in [0.25, 0.3) is 0 Å². The van der Waals surface area contributed by atoms with E-state index >= 15 is 0 Å². The molecule has 2 aliphatic heterocycles. The van der Waals surface area contributed by atoms with E-state index in [1.165, 1.54) is 144 Å². The third kappa shape index (κ3) is 5.79. The zero-order valence-electron chi connectivity index (χ0n) is 43.7. The van der Waals surface area contributed by atoms with Gasteiger partial charge in [0.15, 0.2) is 0 Å². The fourth-order valence-corrected chi connectivity index (χ4v) is 14.7. The Balaban J connectivity index is 1.26. The molecule has 2 aromatic heterocycles. The van der Waals surface area contributed by atoms with Crippen molar-refractivity contribution in [1.29, 1.82) is 0 Å². The molecule has 13 rings (SSSR count). The maximum atomic E-state index is 2.78. The van der Waals surface area contributed by atoms with E-state index in [-0.39, 0.29) is 39.3 Å². The summed E-state index contributed by atoms with van der Waals surface area (Å²) in [7, 11) is 0. The topological polar surface area (TPSA) is 8.17 Å². The fourth-order valence-electron chi connectivity index (χ4n) is 13.5. The lowest BCUT2D eigenvalue weighted by Gasteiger charge is -2.44. The minimum Gasteiger partial charge on any atom is -0.376 e. The molecular formula is C65H67BN2S. The Hall–Kier alpha value is -5.58. The number of anilines is 2. The molecule has 0 saturated heterocycles. The first kappa shape index (κ1) is 43.4. The first-order chi connectivity index (χ1) is 32.4. The number of rotatable bonds is 1. The van der Waals surface area contributed by atoms with Gasteiger partial charge in [-0.25, -0.2) is 0 Å². The Labute approximate surface area is 414 Å². The highest BCUT2D eigenvalue weighted by atomic mass is 32.1. The van der Waals surface area contributed by atoms with Gasteiger partial charge < -0.3 is 9.38 Å². The summed E-state index contributed by atoms with van der Waals surface area (Å²) in [4.78, 5) is 2.78. The van der Waals surface area contributed by atoms with Crippen LogP contribution in [0.5, 0.6) is 0 Å². The molecule has 0 spiro atoms. The van der Waals surface area contributed by atoms with Gasteiger partial charge in [0.2, 0.25) is 0 Å². The SMILES string of the molecule is CC(C)(C)c1ccc(N2B3c4cc(C(C)(C)C)ccc4-n4c5ccc(C(C)(C)C)cc5c5c6c(c(c3c54)-c3cc4c(cc32)sc2cc3c(cc24)C(C)(C)CCC3(C)C)C(C)(C)c2ccccc2-6)cc1. The molecular weight excluding hydrogens is 852 g/mol. The van der Waals surface area contributed by atoms with Crippen LogP contribution >= 0.6 is 11.3 Å². The van der Waals surface area contributed by atoms with Crippen molar-refractivity contribution < 1.29 is 0 Å². The molecule has 0 radical (unpaired) electrons. The summed E-state index contributed by atoms with van der Waals surface area (Å²) in [6, 6.07) is 44.4.